The van der Waals surface area contributed by atoms with E-state index in [9.17, 15) is 4.79 Å². The van der Waals surface area contributed by atoms with Crippen molar-refractivity contribution in [3.05, 3.63) is 47.5 Å². The fourth-order valence-electron chi connectivity index (χ4n) is 1.71. The minimum atomic E-state index is 0.197. The highest BCUT2D eigenvalue weighted by Gasteiger charge is 2.12. The molecule has 0 spiro atoms. The van der Waals surface area contributed by atoms with E-state index in [1.54, 1.807) is 12.3 Å². The zero-order valence-corrected chi connectivity index (χ0v) is 12.2. The Kier molecular flexibility index (Phi) is 6.48. The van der Waals surface area contributed by atoms with Crippen molar-refractivity contribution >= 4 is 27.8 Å². The number of aromatic amines is 1. The lowest BCUT2D eigenvalue weighted by molar-refractivity contribution is 0.0980. The van der Waals surface area contributed by atoms with Crippen LogP contribution in [0.2, 0.25) is 0 Å². The maximum absolute atomic E-state index is 12.1. The second-order valence-electron chi connectivity index (χ2n) is 4.04. The summed E-state index contributed by atoms with van der Waals surface area (Å²) in [6.07, 6.45) is 9.83. The molecule has 0 atom stereocenters. The zero-order valence-electron chi connectivity index (χ0n) is 10.6. The van der Waals surface area contributed by atoms with Crippen LogP contribution in [0, 0.1) is 6.92 Å². The second-order valence-corrected chi connectivity index (χ2v) is 4.83. The molecule has 1 heterocycles. The third-order valence-electron chi connectivity index (χ3n) is 2.69. The van der Waals surface area contributed by atoms with Crippen LogP contribution < -0.4 is 0 Å². The number of carbonyl (C=O) groups is 1. The van der Waals surface area contributed by atoms with E-state index in [0.29, 0.717) is 6.42 Å². The van der Waals surface area contributed by atoms with Crippen molar-refractivity contribution < 1.29 is 4.79 Å². The highest BCUT2D eigenvalue weighted by molar-refractivity contribution is 9.09. The van der Waals surface area contributed by atoms with Crippen molar-refractivity contribution in [3.63, 3.8) is 0 Å². The first-order valence-electron chi connectivity index (χ1n) is 6.00. The van der Waals surface area contributed by atoms with E-state index < -0.39 is 0 Å². The van der Waals surface area contributed by atoms with Crippen molar-refractivity contribution in [2.75, 3.05) is 5.33 Å². The lowest BCUT2D eigenvalue weighted by atomic mass is 10.0. The standard InChI is InChI=1S/C15H18BrNO/c1-3-4-5-8-13-12(2)17-11-14(13)15(18)9-6-7-10-16/h4-5,8,11,17H,1,6-7,9-10H2,2H3/b8-5-. The fraction of sp³-hybridized carbons (Fsp3) is 0.333. The number of nitrogens with one attached hydrogen (secondary N) is 1. The molecule has 0 saturated heterocycles. The Morgan fingerprint density at radius 3 is 3.00 bits per heavy atom. The number of aromatic nitrogens is 1. The molecule has 0 saturated carbocycles. The van der Waals surface area contributed by atoms with Gasteiger partial charge in [0.1, 0.15) is 0 Å². The summed E-state index contributed by atoms with van der Waals surface area (Å²) in [6.45, 7) is 5.46. The number of carbonyl (C=O) groups excluding carboxylic acids is 1. The maximum atomic E-state index is 12.1. The minimum Gasteiger partial charge on any atom is -0.364 e. The van der Waals surface area contributed by atoms with Gasteiger partial charge in [-0.3, -0.25) is 4.79 Å². The van der Waals surface area contributed by atoms with Crippen LogP contribution in [0.3, 0.4) is 0 Å². The van der Waals surface area contributed by atoms with Crippen LogP contribution in [0.25, 0.3) is 6.08 Å². The molecule has 0 aliphatic rings. The smallest absolute Gasteiger partial charge is 0.165 e. The SMILES string of the molecule is C=C=C/C=C\c1c(C(=O)CCCCBr)c[nH]c1C. The molecule has 0 aliphatic carbocycles. The first-order chi connectivity index (χ1) is 8.70. The predicted molar refractivity (Wildman–Crippen MR) is 80.2 cm³/mol. The number of rotatable bonds is 7. The molecule has 1 N–H and O–H groups in total. The van der Waals surface area contributed by atoms with Gasteiger partial charge in [0, 0.05) is 34.8 Å². The number of alkyl halides is 1. The van der Waals surface area contributed by atoms with Crippen LogP contribution in [0.4, 0.5) is 0 Å². The molecule has 2 nitrogen and oxygen atoms in total. The van der Waals surface area contributed by atoms with Crippen LogP contribution in [0.1, 0.15) is 40.9 Å². The molecule has 0 radical (unpaired) electrons. The topological polar surface area (TPSA) is 32.9 Å². The Balaban J connectivity index is 2.82. The van der Waals surface area contributed by atoms with Gasteiger partial charge in [-0.2, -0.15) is 0 Å². The van der Waals surface area contributed by atoms with E-state index in [0.717, 1.165) is 35.0 Å². The van der Waals surface area contributed by atoms with Crippen molar-refractivity contribution in [1.29, 1.82) is 0 Å². The zero-order chi connectivity index (χ0) is 13.4. The van der Waals surface area contributed by atoms with Crippen molar-refractivity contribution in [1.82, 2.24) is 4.98 Å². The van der Waals surface area contributed by atoms with Crippen LogP contribution in [0.15, 0.2) is 30.7 Å². The molecule has 0 aliphatic heterocycles. The van der Waals surface area contributed by atoms with Gasteiger partial charge >= 0.3 is 0 Å². The number of unbranched alkanes of at least 4 members (excludes halogenated alkanes) is 1. The molecule has 0 amide bonds. The van der Waals surface area contributed by atoms with Crippen LogP contribution in [-0.4, -0.2) is 16.1 Å². The predicted octanol–water partition coefficient (Wildman–Crippen LogP) is 4.43. The molecule has 1 aromatic heterocycles. The molecular formula is C15H18BrNO. The number of halogens is 1. The molecule has 96 valence electrons. The molecule has 0 aromatic carbocycles. The highest BCUT2D eigenvalue weighted by Crippen LogP contribution is 2.18. The molecule has 3 heteroatoms. The fourth-order valence-corrected chi connectivity index (χ4v) is 2.11. The summed E-state index contributed by atoms with van der Waals surface area (Å²) in [5.41, 5.74) is 5.42. The minimum absolute atomic E-state index is 0.197. The van der Waals surface area contributed by atoms with E-state index in [1.807, 2.05) is 19.1 Å². The summed E-state index contributed by atoms with van der Waals surface area (Å²) in [5, 5.41) is 0.948. The first-order valence-corrected chi connectivity index (χ1v) is 7.12. The lowest BCUT2D eigenvalue weighted by Crippen LogP contribution is -1.99. The largest absolute Gasteiger partial charge is 0.364 e. The van der Waals surface area contributed by atoms with E-state index in [-0.39, 0.29) is 5.78 Å². The van der Waals surface area contributed by atoms with Gasteiger partial charge in [-0.05, 0) is 25.8 Å². The Hall–Kier alpha value is -1.31. The van der Waals surface area contributed by atoms with Crippen LogP contribution in [0.5, 0.6) is 0 Å². The number of allylic oxidation sites excluding steroid dienone is 2. The van der Waals surface area contributed by atoms with Crippen molar-refractivity contribution in [2.45, 2.75) is 26.2 Å². The Morgan fingerprint density at radius 1 is 1.56 bits per heavy atom. The first kappa shape index (κ1) is 14.7. The van der Waals surface area contributed by atoms with Crippen molar-refractivity contribution in [3.8, 4) is 0 Å². The quantitative estimate of drug-likeness (QED) is 0.261. The summed E-state index contributed by atoms with van der Waals surface area (Å²) < 4.78 is 0. The number of hydrogen-bond donors (Lipinski definition) is 1. The van der Waals surface area contributed by atoms with E-state index in [4.69, 9.17) is 0 Å². The number of Topliss-reactive ketones (excluding diaryl/α,β-unsaturated/α-hetero) is 1. The normalized spacial score (nSPS) is 10.6. The number of H-pyrrole nitrogens is 1. The van der Waals surface area contributed by atoms with Gasteiger partial charge in [-0.15, -0.1) is 5.73 Å². The maximum Gasteiger partial charge on any atom is 0.165 e. The highest BCUT2D eigenvalue weighted by atomic mass is 79.9. The summed E-state index contributed by atoms with van der Waals surface area (Å²) in [6, 6.07) is 0. The molecule has 0 unspecified atom stereocenters. The molecule has 18 heavy (non-hydrogen) atoms. The molecule has 0 bridgehead atoms. The third-order valence-corrected chi connectivity index (χ3v) is 3.25. The Bertz CT molecular complexity index is 479. The average Bonchev–Trinajstić information content (AvgIpc) is 2.72. The van der Waals surface area contributed by atoms with Crippen molar-refractivity contribution in [2.24, 2.45) is 0 Å². The van der Waals surface area contributed by atoms with Gasteiger partial charge < -0.3 is 4.98 Å². The summed E-state index contributed by atoms with van der Waals surface area (Å²) >= 11 is 3.37. The molecular weight excluding hydrogens is 290 g/mol. The van der Waals surface area contributed by atoms with Gasteiger partial charge in [0.15, 0.2) is 5.78 Å². The summed E-state index contributed by atoms with van der Waals surface area (Å²) in [5.74, 6) is 0.197. The van der Waals surface area contributed by atoms with Gasteiger partial charge in [-0.25, -0.2) is 0 Å². The lowest BCUT2D eigenvalue weighted by Gasteiger charge is -2.00. The summed E-state index contributed by atoms with van der Waals surface area (Å²) in [4.78, 5) is 15.2. The van der Waals surface area contributed by atoms with Gasteiger partial charge in [0.2, 0.25) is 0 Å². The Morgan fingerprint density at radius 2 is 2.33 bits per heavy atom. The van der Waals surface area contributed by atoms with E-state index >= 15 is 0 Å². The van der Waals surface area contributed by atoms with Crippen LogP contribution in [-0.2, 0) is 0 Å². The van der Waals surface area contributed by atoms with Gasteiger partial charge in [-0.1, -0.05) is 34.7 Å². The average molecular weight is 308 g/mol. The molecule has 0 fully saturated rings. The Labute approximate surface area is 117 Å². The van der Waals surface area contributed by atoms with Crippen LogP contribution >= 0.6 is 15.9 Å². The monoisotopic (exact) mass is 307 g/mol. The van der Waals surface area contributed by atoms with Gasteiger partial charge in [0.25, 0.3) is 0 Å². The number of ketones is 1. The third kappa shape index (κ3) is 4.17. The van der Waals surface area contributed by atoms with E-state index in [1.165, 1.54) is 0 Å². The van der Waals surface area contributed by atoms with E-state index in [2.05, 4.69) is 33.2 Å². The summed E-state index contributed by atoms with van der Waals surface area (Å²) in [7, 11) is 0. The number of hydrogen-bond acceptors (Lipinski definition) is 1. The number of aryl methyl sites for hydroxylation is 1. The molecule has 1 aromatic rings. The molecule has 1 rings (SSSR count). The van der Waals surface area contributed by atoms with Gasteiger partial charge in [0.05, 0.1) is 0 Å². The second kappa shape index (κ2) is 7.91.